The molecule has 6 aromatic carbocycles. The predicted octanol–water partition coefficient (Wildman–Crippen LogP) is 11.0. The Balaban J connectivity index is 1.15. The van der Waals surface area contributed by atoms with E-state index < -0.39 is 0 Å². The molecule has 7 aromatic rings. The average molecular weight is 626 g/mol. The van der Waals surface area contributed by atoms with Crippen molar-refractivity contribution in [1.29, 1.82) is 0 Å². The largest absolute Gasteiger partial charge is 0.208 e. The van der Waals surface area contributed by atoms with E-state index in [0.29, 0.717) is 17.5 Å². The summed E-state index contributed by atoms with van der Waals surface area (Å²) in [6.07, 6.45) is 5.33. The average Bonchev–Trinajstić information content (AvgIpc) is 3.64. The van der Waals surface area contributed by atoms with Crippen LogP contribution in [0.15, 0.2) is 177 Å². The number of aromatic nitrogens is 3. The molecule has 0 radical (unpaired) electrons. The Bertz CT molecular complexity index is 2430. The summed E-state index contributed by atoms with van der Waals surface area (Å²) in [5, 5.41) is 0. The lowest BCUT2D eigenvalue weighted by atomic mass is 9.70. The van der Waals surface area contributed by atoms with Crippen molar-refractivity contribution in [3.05, 3.63) is 205 Å². The minimum Gasteiger partial charge on any atom is -0.208 e. The van der Waals surface area contributed by atoms with Crippen LogP contribution < -0.4 is 0 Å². The third kappa shape index (κ3) is 4.33. The van der Waals surface area contributed by atoms with E-state index in [4.69, 9.17) is 15.0 Å². The quantitative estimate of drug-likeness (QED) is 0.173. The van der Waals surface area contributed by atoms with Crippen LogP contribution in [-0.2, 0) is 5.41 Å². The Labute approximate surface area is 286 Å². The third-order valence-corrected chi connectivity index (χ3v) is 9.92. The second-order valence-electron chi connectivity index (χ2n) is 12.5. The van der Waals surface area contributed by atoms with Crippen LogP contribution in [0.4, 0.5) is 0 Å². The molecule has 1 heterocycles. The first-order valence-electron chi connectivity index (χ1n) is 16.5. The van der Waals surface area contributed by atoms with Gasteiger partial charge in [-0.1, -0.05) is 171 Å². The lowest BCUT2D eigenvalue weighted by Crippen LogP contribution is -2.25. The Kier molecular flexibility index (Phi) is 6.66. The monoisotopic (exact) mass is 625 g/mol. The molecule has 49 heavy (non-hydrogen) atoms. The lowest BCUT2D eigenvalue weighted by Gasteiger charge is -2.30. The molecule has 0 N–H and O–H groups in total. The Hall–Kier alpha value is -6.45. The van der Waals surface area contributed by atoms with Crippen molar-refractivity contribution in [3.63, 3.8) is 0 Å². The molecular weight excluding hydrogens is 595 g/mol. The topological polar surface area (TPSA) is 38.7 Å². The van der Waals surface area contributed by atoms with Gasteiger partial charge >= 0.3 is 0 Å². The first kappa shape index (κ1) is 28.7. The molecule has 0 atom stereocenters. The zero-order chi connectivity index (χ0) is 33.0. The van der Waals surface area contributed by atoms with Gasteiger partial charge in [0.2, 0.25) is 0 Å². The van der Waals surface area contributed by atoms with Crippen LogP contribution >= 0.6 is 0 Å². The van der Waals surface area contributed by atoms with Gasteiger partial charge in [-0.3, -0.25) is 0 Å². The molecule has 2 aliphatic carbocycles. The molecular formula is C46H31N3. The number of fused-ring (bicyclic) bond motifs is 10. The first-order chi connectivity index (χ1) is 24.2. The van der Waals surface area contributed by atoms with E-state index in [1.807, 2.05) is 36.4 Å². The number of benzene rings is 6. The van der Waals surface area contributed by atoms with Crippen LogP contribution in [0.5, 0.6) is 0 Å². The van der Waals surface area contributed by atoms with E-state index in [1.165, 1.54) is 50.1 Å². The Morgan fingerprint density at radius 3 is 1.49 bits per heavy atom. The predicted molar refractivity (Wildman–Crippen MR) is 201 cm³/mol. The number of allylic oxidation sites excluding steroid dienone is 4. The van der Waals surface area contributed by atoms with Gasteiger partial charge < -0.3 is 0 Å². The fraction of sp³-hybridized carbons (Fsp3) is 0.0217. The minimum atomic E-state index is -0.335. The van der Waals surface area contributed by atoms with Crippen molar-refractivity contribution in [2.45, 2.75) is 5.41 Å². The van der Waals surface area contributed by atoms with Crippen molar-refractivity contribution in [2.75, 3.05) is 0 Å². The van der Waals surface area contributed by atoms with Gasteiger partial charge in [0.05, 0.1) is 5.41 Å². The molecule has 0 unspecified atom stereocenters. The summed E-state index contributed by atoms with van der Waals surface area (Å²) >= 11 is 0. The van der Waals surface area contributed by atoms with E-state index >= 15 is 0 Å². The van der Waals surface area contributed by atoms with Crippen molar-refractivity contribution in [3.8, 4) is 56.2 Å². The van der Waals surface area contributed by atoms with Gasteiger partial charge in [0.25, 0.3) is 0 Å². The molecule has 1 aromatic heterocycles. The highest BCUT2D eigenvalue weighted by Crippen LogP contribution is 2.62. The van der Waals surface area contributed by atoms with Crippen LogP contribution in [-0.4, -0.2) is 15.0 Å². The Morgan fingerprint density at radius 1 is 0.449 bits per heavy atom. The zero-order valence-electron chi connectivity index (χ0n) is 26.8. The molecule has 0 saturated carbocycles. The van der Waals surface area contributed by atoms with Crippen LogP contribution in [0, 0.1) is 0 Å². The molecule has 0 fully saturated rings. The molecule has 0 saturated heterocycles. The number of hydrogen-bond acceptors (Lipinski definition) is 3. The van der Waals surface area contributed by atoms with E-state index in [2.05, 4.69) is 128 Å². The molecule has 9 rings (SSSR count). The smallest absolute Gasteiger partial charge is 0.164 e. The maximum absolute atomic E-state index is 4.89. The number of hydrogen-bond donors (Lipinski definition) is 0. The van der Waals surface area contributed by atoms with Crippen LogP contribution in [0.2, 0.25) is 0 Å². The molecule has 3 heteroatoms. The fourth-order valence-electron chi connectivity index (χ4n) is 7.80. The minimum absolute atomic E-state index is 0.335. The number of rotatable bonds is 6. The third-order valence-electron chi connectivity index (χ3n) is 9.92. The van der Waals surface area contributed by atoms with Crippen LogP contribution in [0.1, 0.15) is 28.1 Å². The van der Waals surface area contributed by atoms with Gasteiger partial charge in [0, 0.05) is 16.7 Å². The zero-order valence-corrected chi connectivity index (χ0v) is 26.8. The maximum Gasteiger partial charge on any atom is 0.164 e. The molecule has 230 valence electrons. The van der Waals surface area contributed by atoms with Gasteiger partial charge in [-0.05, 0) is 61.7 Å². The highest BCUT2D eigenvalue weighted by molar-refractivity contribution is 5.96. The van der Waals surface area contributed by atoms with E-state index in [9.17, 15) is 0 Å². The normalized spacial score (nSPS) is 13.3. The Morgan fingerprint density at radius 2 is 0.918 bits per heavy atom. The summed E-state index contributed by atoms with van der Waals surface area (Å²) in [6.45, 7) is 7.83. The summed E-state index contributed by atoms with van der Waals surface area (Å²) in [5.41, 5.74) is 15.2. The summed E-state index contributed by atoms with van der Waals surface area (Å²) in [5.74, 6) is 1.78. The molecule has 0 aliphatic heterocycles. The number of nitrogens with zero attached hydrogens (tertiary/aromatic N) is 3. The fourth-order valence-corrected chi connectivity index (χ4v) is 7.80. The highest BCUT2D eigenvalue weighted by Gasteiger charge is 2.51. The molecule has 2 aliphatic rings. The van der Waals surface area contributed by atoms with Gasteiger partial charge in [-0.25, -0.2) is 15.0 Å². The van der Waals surface area contributed by atoms with Crippen molar-refractivity contribution < 1.29 is 0 Å². The van der Waals surface area contributed by atoms with Gasteiger partial charge in [0.15, 0.2) is 17.5 Å². The highest BCUT2D eigenvalue weighted by atomic mass is 15.0. The summed E-state index contributed by atoms with van der Waals surface area (Å²) in [4.78, 5) is 14.5. The van der Waals surface area contributed by atoms with Gasteiger partial charge in [0.1, 0.15) is 0 Å². The van der Waals surface area contributed by atoms with E-state index in [-0.39, 0.29) is 5.41 Å². The van der Waals surface area contributed by atoms with Gasteiger partial charge in [-0.2, -0.15) is 0 Å². The van der Waals surface area contributed by atoms with Crippen LogP contribution in [0.3, 0.4) is 0 Å². The molecule has 3 nitrogen and oxygen atoms in total. The molecule has 0 amide bonds. The standard InChI is InChI=1S/C46H31N3/c1-3-14-30(4-2)43-47-44(32-15-6-5-7-16-32)49-45(48-43)33-25-23-31(24-26-33)34-27-28-42-38(29-34)37-19-10-13-22-41(37)46(42)39-20-11-8-17-35(39)36-18-9-12-21-40(36)46/h3-29H,1-2H2/b30-14+. The van der Waals surface area contributed by atoms with E-state index in [1.54, 1.807) is 12.2 Å². The lowest BCUT2D eigenvalue weighted by molar-refractivity contribution is 0.794. The first-order valence-corrected chi connectivity index (χ1v) is 16.5. The SMILES string of the molecule is C=C/C=C(\C=C)c1nc(-c2ccccc2)nc(-c2ccc(-c3ccc4c(c3)-c3ccccc3C43c4ccccc4-c4ccccc43)cc2)n1. The van der Waals surface area contributed by atoms with E-state index in [0.717, 1.165) is 22.3 Å². The van der Waals surface area contributed by atoms with Crippen molar-refractivity contribution in [1.82, 2.24) is 15.0 Å². The maximum atomic E-state index is 4.89. The summed E-state index contributed by atoms with van der Waals surface area (Å²) in [6, 6.07) is 52.2. The summed E-state index contributed by atoms with van der Waals surface area (Å²) < 4.78 is 0. The van der Waals surface area contributed by atoms with Crippen molar-refractivity contribution >= 4 is 5.57 Å². The molecule has 0 bridgehead atoms. The second kappa shape index (κ2) is 11.4. The summed E-state index contributed by atoms with van der Waals surface area (Å²) in [7, 11) is 0. The van der Waals surface area contributed by atoms with Crippen molar-refractivity contribution in [2.24, 2.45) is 0 Å². The second-order valence-corrected chi connectivity index (χ2v) is 12.5. The van der Waals surface area contributed by atoms with Crippen LogP contribution in [0.25, 0.3) is 61.7 Å². The molecule has 1 spiro atoms. The van der Waals surface area contributed by atoms with Gasteiger partial charge in [-0.15, -0.1) is 0 Å².